The summed E-state index contributed by atoms with van der Waals surface area (Å²) in [4.78, 5) is 0. The van der Waals surface area contributed by atoms with E-state index in [1.54, 1.807) is 7.11 Å². The number of hydrogen-bond donors (Lipinski definition) is 1. The van der Waals surface area contributed by atoms with Crippen molar-refractivity contribution in [3.05, 3.63) is 29.3 Å². The Labute approximate surface area is 113 Å². The van der Waals surface area contributed by atoms with E-state index in [4.69, 9.17) is 4.74 Å². The Hall–Kier alpha value is -0.710. The van der Waals surface area contributed by atoms with Crippen LogP contribution in [0.15, 0.2) is 18.2 Å². The third kappa shape index (κ3) is 3.64. The number of hydrogen-bond acceptors (Lipinski definition) is 3. The Morgan fingerprint density at radius 1 is 1.33 bits per heavy atom. The predicted octanol–water partition coefficient (Wildman–Crippen LogP) is 3.12. The van der Waals surface area contributed by atoms with Gasteiger partial charge in [0.1, 0.15) is 10.5 Å². The molecule has 4 heteroatoms. The van der Waals surface area contributed by atoms with Crippen molar-refractivity contribution >= 4 is 11.4 Å². The van der Waals surface area contributed by atoms with Crippen LogP contribution in [0.25, 0.3) is 0 Å². The van der Waals surface area contributed by atoms with Gasteiger partial charge in [0.15, 0.2) is 0 Å². The second-order valence-corrected chi connectivity index (χ2v) is 7.42. The van der Waals surface area contributed by atoms with Gasteiger partial charge in [0.2, 0.25) is 0 Å². The zero-order valence-corrected chi connectivity index (χ0v) is 12.9. The summed E-state index contributed by atoms with van der Waals surface area (Å²) in [5.41, 5.74) is 2.13. The zero-order chi connectivity index (χ0) is 13.9. The van der Waals surface area contributed by atoms with Gasteiger partial charge >= 0.3 is 0 Å². The molecule has 0 aliphatic heterocycles. The van der Waals surface area contributed by atoms with Gasteiger partial charge in [-0.2, -0.15) is 0 Å². The van der Waals surface area contributed by atoms with Crippen LogP contribution in [-0.2, 0) is 11.4 Å². The van der Waals surface area contributed by atoms with Crippen molar-refractivity contribution in [2.75, 3.05) is 7.11 Å². The minimum Gasteiger partial charge on any atom is -0.598 e. The maximum absolute atomic E-state index is 12.1. The van der Waals surface area contributed by atoms with Gasteiger partial charge in [-0.1, -0.05) is 18.2 Å². The molecule has 0 radical (unpaired) electrons. The molecule has 0 spiro atoms. The summed E-state index contributed by atoms with van der Waals surface area (Å²) in [7, 11) is 1.67. The molecule has 1 unspecified atom stereocenters. The molecule has 1 rings (SSSR count). The van der Waals surface area contributed by atoms with E-state index in [0.29, 0.717) is 0 Å². The van der Waals surface area contributed by atoms with E-state index in [0.717, 1.165) is 16.9 Å². The van der Waals surface area contributed by atoms with Crippen LogP contribution in [-0.4, -0.2) is 16.4 Å². The quantitative estimate of drug-likeness (QED) is 0.854. The summed E-state index contributed by atoms with van der Waals surface area (Å²) in [5, 5.41) is 0. The van der Waals surface area contributed by atoms with E-state index < -0.39 is 11.4 Å². The Morgan fingerprint density at radius 2 is 1.94 bits per heavy atom. The van der Waals surface area contributed by atoms with Gasteiger partial charge in [-0.25, -0.2) is 0 Å². The van der Waals surface area contributed by atoms with Gasteiger partial charge in [-0.15, -0.1) is 4.72 Å². The molecule has 2 atom stereocenters. The minimum atomic E-state index is -1.09. The highest BCUT2D eigenvalue weighted by atomic mass is 32.2. The average molecular weight is 269 g/mol. The van der Waals surface area contributed by atoms with Crippen molar-refractivity contribution in [1.82, 2.24) is 4.72 Å². The molecule has 0 aromatic heterocycles. The SMILES string of the molecule is COc1c(C)cccc1C(C)N[S@+]([O-])C(C)(C)C. The zero-order valence-electron chi connectivity index (χ0n) is 12.0. The van der Waals surface area contributed by atoms with Crippen LogP contribution in [0.1, 0.15) is 44.9 Å². The monoisotopic (exact) mass is 269 g/mol. The van der Waals surface area contributed by atoms with Crippen molar-refractivity contribution in [2.24, 2.45) is 0 Å². The third-order valence-corrected chi connectivity index (χ3v) is 4.43. The maximum atomic E-state index is 12.1. The number of benzene rings is 1. The fourth-order valence-corrected chi connectivity index (χ4v) is 2.50. The normalized spacial score (nSPS) is 15.3. The van der Waals surface area contributed by atoms with Crippen molar-refractivity contribution in [2.45, 2.75) is 45.4 Å². The number of ether oxygens (including phenoxy) is 1. The van der Waals surface area contributed by atoms with Crippen LogP contribution in [0.2, 0.25) is 0 Å². The second kappa shape index (κ2) is 5.95. The van der Waals surface area contributed by atoms with Crippen molar-refractivity contribution in [3.63, 3.8) is 0 Å². The number of nitrogens with one attached hydrogen (secondary N) is 1. The van der Waals surface area contributed by atoms with E-state index in [1.807, 2.05) is 52.8 Å². The summed E-state index contributed by atoms with van der Waals surface area (Å²) >= 11 is -1.09. The van der Waals surface area contributed by atoms with Gasteiger partial charge < -0.3 is 9.29 Å². The fourth-order valence-electron chi connectivity index (χ4n) is 1.70. The molecule has 0 amide bonds. The van der Waals surface area contributed by atoms with Crippen LogP contribution in [0.4, 0.5) is 0 Å². The van der Waals surface area contributed by atoms with Crippen LogP contribution in [0.3, 0.4) is 0 Å². The Morgan fingerprint density at radius 3 is 2.44 bits per heavy atom. The van der Waals surface area contributed by atoms with Crippen LogP contribution in [0.5, 0.6) is 5.75 Å². The molecule has 0 aliphatic rings. The van der Waals surface area contributed by atoms with E-state index in [2.05, 4.69) is 4.72 Å². The maximum Gasteiger partial charge on any atom is 0.136 e. The highest BCUT2D eigenvalue weighted by Crippen LogP contribution is 2.29. The molecule has 3 nitrogen and oxygen atoms in total. The summed E-state index contributed by atoms with van der Waals surface area (Å²) in [6.07, 6.45) is 0. The Kier molecular flexibility index (Phi) is 5.08. The van der Waals surface area contributed by atoms with Crippen molar-refractivity contribution < 1.29 is 9.29 Å². The number of para-hydroxylation sites is 1. The molecule has 1 N–H and O–H groups in total. The molecule has 0 saturated carbocycles. The Balaban J connectivity index is 2.91. The summed E-state index contributed by atoms with van der Waals surface area (Å²) < 4.78 is 20.4. The third-order valence-electron chi connectivity index (χ3n) is 2.75. The smallest absolute Gasteiger partial charge is 0.136 e. The first kappa shape index (κ1) is 15.3. The minimum absolute atomic E-state index is 0.0140. The van der Waals surface area contributed by atoms with E-state index in [1.165, 1.54) is 0 Å². The lowest BCUT2D eigenvalue weighted by atomic mass is 10.0. The topological polar surface area (TPSA) is 44.3 Å². The summed E-state index contributed by atoms with van der Waals surface area (Å²) in [6.45, 7) is 9.87. The predicted molar refractivity (Wildman–Crippen MR) is 77.2 cm³/mol. The molecular weight excluding hydrogens is 246 g/mol. The van der Waals surface area contributed by atoms with E-state index in [9.17, 15) is 4.55 Å². The molecular formula is C14H23NO2S. The summed E-state index contributed by atoms with van der Waals surface area (Å²) in [5.74, 6) is 0.864. The Bertz CT molecular complexity index is 401. The fraction of sp³-hybridized carbons (Fsp3) is 0.571. The number of methoxy groups -OCH3 is 1. The molecule has 1 aromatic carbocycles. The van der Waals surface area contributed by atoms with Crippen LogP contribution >= 0.6 is 0 Å². The van der Waals surface area contributed by atoms with Gasteiger partial charge in [0.05, 0.1) is 13.2 Å². The number of rotatable bonds is 4. The standard InChI is InChI=1S/C14H23NO2S/c1-10-8-7-9-12(13(10)17-6)11(2)15-18(16)14(3,4)5/h7-9,11,15H,1-6H3/t11?,18-/m1/s1. The molecule has 0 saturated heterocycles. The molecule has 0 fully saturated rings. The summed E-state index contributed by atoms with van der Waals surface area (Å²) in [6, 6.07) is 5.99. The van der Waals surface area contributed by atoms with Crippen molar-refractivity contribution in [3.8, 4) is 5.75 Å². The van der Waals surface area contributed by atoms with Gasteiger partial charge in [0.25, 0.3) is 0 Å². The first-order valence-corrected chi connectivity index (χ1v) is 7.24. The van der Waals surface area contributed by atoms with E-state index >= 15 is 0 Å². The van der Waals surface area contributed by atoms with E-state index in [-0.39, 0.29) is 10.8 Å². The molecule has 0 aliphatic carbocycles. The highest BCUT2D eigenvalue weighted by Gasteiger charge is 2.29. The van der Waals surface area contributed by atoms with Crippen LogP contribution < -0.4 is 9.46 Å². The largest absolute Gasteiger partial charge is 0.598 e. The molecule has 1 aromatic rings. The lowest BCUT2D eigenvalue weighted by molar-refractivity contribution is 0.402. The molecule has 0 bridgehead atoms. The molecule has 18 heavy (non-hydrogen) atoms. The first-order valence-electron chi connectivity index (χ1n) is 6.09. The lowest BCUT2D eigenvalue weighted by Gasteiger charge is -2.27. The molecule has 102 valence electrons. The average Bonchev–Trinajstić information content (AvgIpc) is 2.27. The highest BCUT2D eigenvalue weighted by molar-refractivity contribution is 7.90. The molecule has 0 heterocycles. The van der Waals surface area contributed by atoms with Gasteiger partial charge in [-0.05, 0) is 40.2 Å². The van der Waals surface area contributed by atoms with Gasteiger partial charge in [-0.3, -0.25) is 0 Å². The number of aryl methyl sites for hydroxylation is 1. The first-order chi connectivity index (χ1) is 8.27. The van der Waals surface area contributed by atoms with Gasteiger partial charge in [0, 0.05) is 16.9 Å². The second-order valence-electron chi connectivity index (χ2n) is 5.42. The van der Waals surface area contributed by atoms with Crippen molar-refractivity contribution in [1.29, 1.82) is 0 Å². The lowest BCUT2D eigenvalue weighted by Crippen LogP contribution is -2.40. The van der Waals surface area contributed by atoms with Crippen LogP contribution in [0, 0.1) is 6.92 Å².